The van der Waals surface area contributed by atoms with E-state index in [0.717, 1.165) is 44.5 Å². The van der Waals surface area contributed by atoms with E-state index in [1.165, 1.54) is 0 Å². The fraction of sp³-hybridized carbons (Fsp3) is 0.583. The summed E-state index contributed by atoms with van der Waals surface area (Å²) in [7, 11) is 2.15. The highest BCUT2D eigenvalue weighted by molar-refractivity contribution is 5.79. The normalized spacial score (nSPS) is 23.5. The summed E-state index contributed by atoms with van der Waals surface area (Å²) >= 11 is 0. The first-order valence-electron chi connectivity index (χ1n) is 11.0. The van der Waals surface area contributed by atoms with Gasteiger partial charge in [-0.15, -0.1) is 0 Å². The maximum Gasteiger partial charge on any atom is 0.222 e. The van der Waals surface area contributed by atoms with Gasteiger partial charge >= 0.3 is 0 Å². The van der Waals surface area contributed by atoms with Gasteiger partial charge in [0.05, 0.1) is 11.3 Å². The lowest BCUT2D eigenvalue weighted by Crippen LogP contribution is -2.43. The predicted molar refractivity (Wildman–Crippen MR) is 122 cm³/mol. The van der Waals surface area contributed by atoms with Crippen molar-refractivity contribution in [2.75, 3.05) is 33.2 Å². The van der Waals surface area contributed by atoms with Crippen LogP contribution in [0.1, 0.15) is 56.6 Å². The van der Waals surface area contributed by atoms with Crippen molar-refractivity contribution in [1.82, 2.24) is 9.80 Å². The van der Waals surface area contributed by atoms with E-state index in [1.807, 2.05) is 24.0 Å². The Labute approximate surface area is 180 Å². The lowest BCUT2D eigenvalue weighted by Gasteiger charge is -2.38. The summed E-state index contributed by atoms with van der Waals surface area (Å²) in [5.41, 5.74) is 2.79. The molecule has 2 saturated heterocycles. The maximum absolute atomic E-state index is 13.1. The van der Waals surface area contributed by atoms with Crippen LogP contribution in [0.15, 0.2) is 22.1 Å². The highest BCUT2D eigenvalue weighted by Crippen LogP contribution is 2.42. The lowest BCUT2D eigenvalue weighted by atomic mass is 9.83. The number of carbonyl (C=O) groups is 1. The molecule has 1 amide bonds. The molecule has 0 spiro atoms. The number of hydrogen-bond acceptors (Lipinski definition) is 5. The quantitative estimate of drug-likeness (QED) is 0.683. The third kappa shape index (κ3) is 4.96. The van der Waals surface area contributed by atoms with Crippen LogP contribution in [0.2, 0.25) is 0 Å². The van der Waals surface area contributed by atoms with Crippen molar-refractivity contribution in [3.8, 4) is 6.07 Å². The molecule has 1 aromatic carbocycles. The van der Waals surface area contributed by atoms with Crippen LogP contribution in [0.25, 0.3) is 0 Å². The molecule has 0 N–H and O–H groups in total. The maximum atomic E-state index is 13.1. The summed E-state index contributed by atoms with van der Waals surface area (Å²) < 4.78 is 0. The highest BCUT2D eigenvalue weighted by atomic mass is 16.2. The van der Waals surface area contributed by atoms with Crippen molar-refractivity contribution >= 4 is 30.2 Å². The zero-order valence-electron chi connectivity index (χ0n) is 18.5. The zero-order chi connectivity index (χ0) is 21.7. The molecule has 0 unspecified atom stereocenters. The van der Waals surface area contributed by atoms with Crippen LogP contribution in [0.5, 0.6) is 0 Å². The van der Waals surface area contributed by atoms with Gasteiger partial charge in [0, 0.05) is 31.6 Å². The molecule has 0 aromatic heterocycles. The minimum absolute atomic E-state index is 0.175. The molecule has 2 atom stereocenters. The predicted octanol–water partition coefficient (Wildman–Crippen LogP) is 4.30. The number of nitriles is 1. The van der Waals surface area contributed by atoms with Gasteiger partial charge in [-0.25, -0.2) is 0 Å². The fourth-order valence-electron chi connectivity index (χ4n) is 4.86. The molecule has 2 heterocycles. The summed E-state index contributed by atoms with van der Waals surface area (Å²) in [4.78, 5) is 26.1. The van der Waals surface area contributed by atoms with Crippen molar-refractivity contribution in [2.45, 2.75) is 45.4 Å². The van der Waals surface area contributed by atoms with Gasteiger partial charge in [0.2, 0.25) is 5.91 Å². The Morgan fingerprint density at radius 1 is 1.30 bits per heavy atom. The summed E-state index contributed by atoms with van der Waals surface area (Å²) in [5.74, 6) is 1.36. The molecule has 160 valence electrons. The van der Waals surface area contributed by atoms with Crippen LogP contribution >= 0.6 is 0 Å². The average molecular weight is 408 g/mol. The van der Waals surface area contributed by atoms with E-state index in [0.29, 0.717) is 41.7 Å². The molecule has 6 nitrogen and oxygen atoms in total. The minimum atomic E-state index is 0.175. The monoisotopic (exact) mass is 407 g/mol. The number of rotatable bonds is 5. The molecule has 0 bridgehead atoms. The molecule has 3 rings (SSSR count). The largest absolute Gasteiger partial charge is 0.342 e. The van der Waals surface area contributed by atoms with E-state index in [1.54, 1.807) is 6.21 Å². The molecule has 2 aliphatic rings. The Bertz CT molecular complexity index is 848. The number of benzene rings is 1. The molecule has 0 radical (unpaired) electrons. The minimum Gasteiger partial charge on any atom is -0.342 e. The molecule has 2 aliphatic heterocycles. The Morgan fingerprint density at radius 3 is 2.67 bits per heavy atom. The zero-order valence-corrected chi connectivity index (χ0v) is 18.5. The van der Waals surface area contributed by atoms with Crippen molar-refractivity contribution in [3.63, 3.8) is 0 Å². The van der Waals surface area contributed by atoms with Crippen LogP contribution in [0.4, 0.5) is 11.4 Å². The van der Waals surface area contributed by atoms with Crippen LogP contribution < -0.4 is 0 Å². The summed E-state index contributed by atoms with van der Waals surface area (Å²) in [6.07, 6.45) is 5.52. The van der Waals surface area contributed by atoms with E-state index in [2.05, 4.69) is 41.6 Å². The summed E-state index contributed by atoms with van der Waals surface area (Å²) in [6, 6.07) is 5.99. The number of piperidine rings is 2. The van der Waals surface area contributed by atoms with E-state index < -0.39 is 0 Å². The molecular formula is C24H33N5O. The van der Waals surface area contributed by atoms with Crippen LogP contribution in [-0.2, 0) is 4.79 Å². The fourth-order valence-corrected chi connectivity index (χ4v) is 4.86. The summed E-state index contributed by atoms with van der Waals surface area (Å²) in [6.45, 7) is 11.4. The number of amides is 1. The van der Waals surface area contributed by atoms with E-state index in [4.69, 9.17) is 0 Å². The van der Waals surface area contributed by atoms with Crippen LogP contribution in [0.3, 0.4) is 0 Å². The van der Waals surface area contributed by atoms with Crippen molar-refractivity contribution in [3.05, 3.63) is 23.3 Å². The first-order chi connectivity index (χ1) is 14.5. The van der Waals surface area contributed by atoms with Gasteiger partial charge in [0.1, 0.15) is 11.8 Å². The Balaban J connectivity index is 1.80. The van der Waals surface area contributed by atoms with Gasteiger partial charge < -0.3 is 9.80 Å². The van der Waals surface area contributed by atoms with Gasteiger partial charge in [-0.05, 0) is 76.5 Å². The highest BCUT2D eigenvalue weighted by Gasteiger charge is 2.32. The number of hydrogen-bond donors (Lipinski definition) is 0. The van der Waals surface area contributed by atoms with E-state index in [9.17, 15) is 10.1 Å². The molecule has 30 heavy (non-hydrogen) atoms. The van der Waals surface area contributed by atoms with Crippen molar-refractivity contribution in [1.29, 1.82) is 5.26 Å². The van der Waals surface area contributed by atoms with Gasteiger partial charge in [0.25, 0.3) is 0 Å². The standard InChI is InChI=1S/C24H33N5O/c1-5-27-23-19(14-25)6-7-21(24(23)26-3)20-12-17(2)15-29(16-20)22(30)13-18-8-10-28(4)11-9-18/h5-7,17-18,20H,3,8-13,15-16H2,1-2,4H3/b27-5-/t17-,20+/m0/s1. The number of carbonyl (C=O) groups excluding carboxylic acids is 1. The smallest absolute Gasteiger partial charge is 0.222 e. The molecule has 2 fully saturated rings. The first-order valence-corrected chi connectivity index (χ1v) is 11.0. The van der Waals surface area contributed by atoms with E-state index >= 15 is 0 Å². The Kier molecular flexibility index (Phi) is 7.38. The molecule has 0 aliphatic carbocycles. The third-order valence-electron chi connectivity index (χ3n) is 6.47. The second kappa shape index (κ2) is 9.99. The average Bonchev–Trinajstić information content (AvgIpc) is 2.74. The number of aliphatic imine (C=N–C) groups is 2. The lowest BCUT2D eigenvalue weighted by molar-refractivity contribution is -0.134. The molecule has 6 heteroatoms. The molecule has 1 aromatic rings. The van der Waals surface area contributed by atoms with Gasteiger partial charge in [0.15, 0.2) is 0 Å². The second-order valence-corrected chi connectivity index (χ2v) is 8.84. The molecule has 0 saturated carbocycles. The van der Waals surface area contributed by atoms with Crippen molar-refractivity contribution in [2.24, 2.45) is 21.8 Å². The van der Waals surface area contributed by atoms with Gasteiger partial charge in [-0.1, -0.05) is 13.0 Å². The van der Waals surface area contributed by atoms with Crippen LogP contribution in [-0.4, -0.2) is 61.9 Å². The van der Waals surface area contributed by atoms with Gasteiger partial charge in [-0.3, -0.25) is 14.8 Å². The third-order valence-corrected chi connectivity index (χ3v) is 6.47. The molecular weight excluding hydrogens is 374 g/mol. The summed E-state index contributed by atoms with van der Waals surface area (Å²) in [5, 5.41) is 9.45. The Morgan fingerprint density at radius 2 is 2.03 bits per heavy atom. The van der Waals surface area contributed by atoms with Gasteiger partial charge in [-0.2, -0.15) is 5.26 Å². The number of nitrogens with zero attached hydrogens (tertiary/aromatic N) is 5. The van der Waals surface area contributed by atoms with Crippen LogP contribution in [0, 0.1) is 23.2 Å². The van der Waals surface area contributed by atoms with E-state index in [-0.39, 0.29) is 11.8 Å². The topological polar surface area (TPSA) is 72.1 Å². The van der Waals surface area contributed by atoms with Crippen molar-refractivity contribution < 1.29 is 4.79 Å². The second-order valence-electron chi connectivity index (χ2n) is 8.84. The first kappa shape index (κ1) is 22.2. The Hall–Kier alpha value is -2.52. The SMILES string of the molecule is C=Nc1c([C@@H]2C[C@H](C)CN(C(=O)CC3CCN(C)CC3)C2)ccc(C#N)c1/N=C\C. The number of likely N-dealkylation sites (tertiary alicyclic amines) is 2.